The molecule has 3 rings (SSSR count). The third-order valence-corrected chi connectivity index (χ3v) is 4.48. The van der Waals surface area contributed by atoms with E-state index in [9.17, 15) is 19.7 Å². The van der Waals surface area contributed by atoms with E-state index in [2.05, 4.69) is 10.3 Å². The van der Waals surface area contributed by atoms with Crippen molar-refractivity contribution >= 4 is 22.5 Å². The second-order valence-corrected chi connectivity index (χ2v) is 6.19. The summed E-state index contributed by atoms with van der Waals surface area (Å²) in [4.78, 5) is 37.6. The zero-order valence-corrected chi connectivity index (χ0v) is 15.9. The van der Waals surface area contributed by atoms with E-state index in [0.717, 1.165) is 0 Å². The number of nitrogens with one attached hydrogen (secondary N) is 2. The Morgan fingerprint density at radius 2 is 1.76 bits per heavy atom. The minimum Gasteiger partial charge on any atom is -0.496 e. The Kier molecular flexibility index (Phi) is 5.77. The van der Waals surface area contributed by atoms with Crippen molar-refractivity contribution < 1.29 is 19.2 Å². The molecule has 0 saturated heterocycles. The molecule has 3 aromatic rings. The van der Waals surface area contributed by atoms with Gasteiger partial charge in [-0.15, -0.1) is 0 Å². The third kappa shape index (κ3) is 4.18. The smallest absolute Gasteiger partial charge is 0.269 e. The monoisotopic (exact) mass is 397 g/mol. The molecule has 0 spiro atoms. The van der Waals surface area contributed by atoms with Crippen molar-refractivity contribution in [1.82, 2.24) is 10.3 Å². The summed E-state index contributed by atoms with van der Waals surface area (Å²) in [5.41, 5.74) is 0.945. The Balaban J connectivity index is 1.75. The molecular weight excluding hydrogens is 378 g/mol. The van der Waals surface area contributed by atoms with E-state index in [1.54, 1.807) is 18.2 Å². The lowest BCUT2D eigenvalue weighted by Gasteiger charge is -2.11. The first-order chi connectivity index (χ1) is 13.9. The van der Waals surface area contributed by atoms with Gasteiger partial charge in [0.2, 0.25) is 0 Å². The first-order valence-electron chi connectivity index (χ1n) is 8.74. The predicted molar refractivity (Wildman–Crippen MR) is 107 cm³/mol. The highest BCUT2D eigenvalue weighted by molar-refractivity contribution is 5.94. The van der Waals surface area contributed by atoms with E-state index in [-0.39, 0.29) is 23.7 Å². The minimum absolute atomic E-state index is 0.0892. The normalized spacial score (nSPS) is 10.6. The molecule has 1 aromatic heterocycles. The van der Waals surface area contributed by atoms with Crippen LogP contribution < -0.4 is 20.3 Å². The van der Waals surface area contributed by atoms with Crippen molar-refractivity contribution in [3.63, 3.8) is 0 Å². The van der Waals surface area contributed by atoms with E-state index in [1.807, 2.05) is 0 Å². The van der Waals surface area contributed by atoms with Crippen molar-refractivity contribution in [2.24, 2.45) is 0 Å². The largest absolute Gasteiger partial charge is 0.496 e. The van der Waals surface area contributed by atoms with E-state index in [0.29, 0.717) is 39.9 Å². The number of ether oxygens (including phenoxy) is 2. The van der Waals surface area contributed by atoms with Crippen LogP contribution in [0.15, 0.2) is 47.3 Å². The highest BCUT2D eigenvalue weighted by atomic mass is 16.6. The molecule has 0 bridgehead atoms. The maximum absolute atomic E-state index is 12.4. The number of hydrogen-bond donors (Lipinski definition) is 2. The van der Waals surface area contributed by atoms with Gasteiger partial charge in [0.05, 0.1) is 24.7 Å². The molecule has 0 atom stereocenters. The first kappa shape index (κ1) is 19.9. The summed E-state index contributed by atoms with van der Waals surface area (Å²) < 4.78 is 10.6. The van der Waals surface area contributed by atoms with Crippen LogP contribution in [0.4, 0.5) is 5.69 Å². The maximum atomic E-state index is 12.4. The fourth-order valence-corrected chi connectivity index (χ4v) is 2.97. The van der Waals surface area contributed by atoms with Crippen LogP contribution in [0.2, 0.25) is 0 Å². The molecule has 2 N–H and O–H groups in total. The fraction of sp³-hybridized carbons (Fsp3) is 0.200. The summed E-state index contributed by atoms with van der Waals surface area (Å²) in [5.74, 6) is 0.737. The van der Waals surface area contributed by atoms with Crippen molar-refractivity contribution in [1.29, 1.82) is 0 Å². The number of methoxy groups -OCH3 is 2. The summed E-state index contributed by atoms with van der Waals surface area (Å²) in [7, 11) is 3.05. The molecule has 0 fully saturated rings. The second kappa shape index (κ2) is 8.42. The van der Waals surface area contributed by atoms with Crippen molar-refractivity contribution in [2.45, 2.75) is 6.42 Å². The van der Waals surface area contributed by atoms with Crippen LogP contribution in [-0.2, 0) is 6.42 Å². The zero-order chi connectivity index (χ0) is 21.0. The van der Waals surface area contributed by atoms with Crippen LogP contribution >= 0.6 is 0 Å². The maximum Gasteiger partial charge on any atom is 0.269 e. The van der Waals surface area contributed by atoms with Gasteiger partial charge in [-0.2, -0.15) is 0 Å². The van der Waals surface area contributed by atoms with Gasteiger partial charge in [0, 0.05) is 35.2 Å². The Morgan fingerprint density at radius 1 is 1.10 bits per heavy atom. The summed E-state index contributed by atoms with van der Waals surface area (Å²) in [6.07, 6.45) is 0.296. The van der Waals surface area contributed by atoms with E-state index in [1.165, 1.54) is 38.5 Å². The van der Waals surface area contributed by atoms with Gasteiger partial charge in [0.15, 0.2) is 0 Å². The van der Waals surface area contributed by atoms with Crippen LogP contribution in [0, 0.1) is 10.1 Å². The summed E-state index contributed by atoms with van der Waals surface area (Å²) in [6.45, 7) is 0.219. The second-order valence-electron chi connectivity index (χ2n) is 6.19. The molecule has 2 aromatic carbocycles. The van der Waals surface area contributed by atoms with Gasteiger partial charge in [-0.25, -0.2) is 0 Å². The topological polar surface area (TPSA) is 124 Å². The van der Waals surface area contributed by atoms with Gasteiger partial charge in [-0.05, 0) is 36.8 Å². The Labute approximate surface area is 165 Å². The number of carbonyl (C=O) groups excluding carboxylic acids is 1. The number of rotatable bonds is 7. The van der Waals surface area contributed by atoms with Gasteiger partial charge in [0.25, 0.3) is 17.2 Å². The molecule has 9 heteroatoms. The molecule has 0 saturated carbocycles. The van der Waals surface area contributed by atoms with Crippen LogP contribution in [0.5, 0.6) is 11.5 Å². The van der Waals surface area contributed by atoms with Gasteiger partial charge in [-0.3, -0.25) is 19.7 Å². The number of aromatic nitrogens is 1. The standard InChI is InChI=1S/C20H19N3O6/c1-28-16-7-8-17(29-2)18-15(16)11-13(20(25)22-18)9-10-21-19(24)12-3-5-14(6-4-12)23(26)27/h3-8,11H,9-10H2,1-2H3,(H,21,24)(H,22,25). The molecule has 9 nitrogen and oxygen atoms in total. The number of nitro benzene ring substituents is 1. The summed E-state index contributed by atoms with van der Waals surface area (Å²) in [6, 6.07) is 10.5. The van der Waals surface area contributed by atoms with E-state index >= 15 is 0 Å². The molecule has 29 heavy (non-hydrogen) atoms. The number of aromatic amines is 1. The number of amides is 1. The molecule has 0 aliphatic carbocycles. The van der Waals surface area contributed by atoms with Gasteiger partial charge < -0.3 is 19.8 Å². The fourth-order valence-electron chi connectivity index (χ4n) is 2.97. The van der Waals surface area contributed by atoms with Crippen LogP contribution in [0.1, 0.15) is 15.9 Å². The minimum atomic E-state index is -0.531. The number of benzene rings is 2. The lowest BCUT2D eigenvalue weighted by molar-refractivity contribution is -0.384. The summed E-state index contributed by atoms with van der Waals surface area (Å²) >= 11 is 0. The Bertz CT molecular complexity index is 1120. The number of fused-ring (bicyclic) bond motifs is 1. The van der Waals surface area contributed by atoms with Gasteiger partial charge in [-0.1, -0.05) is 0 Å². The molecule has 150 valence electrons. The number of carbonyl (C=O) groups is 1. The van der Waals surface area contributed by atoms with Crippen molar-refractivity contribution in [3.05, 3.63) is 74.1 Å². The predicted octanol–water partition coefficient (Wildman–Crippen LogP) is 2.43. The quantitative estimate of drug-likeness (QED) is 0.466. The lowest BCUT2D eigenvalue weighted by atomic mass is 10.1. The zero-order valence-electron chi connectivity index (χ0n) is 15.9. The first-order valence-corrected chi connectivity index (χ1v) is 8.74. The lowest BCUT2D eigenvalue weighted by Crippen LogP contribution is -2.27. The number of H-pyrrole nitrogens is 1. The molecular formula is C20H19N3O6. The molecule has 1 heterocycles. The highest BCUT2D eigenvalue weighted by Crippen LogP contribution is 2.31. The average molecular weight is 397 g/mol. The third-order valence-electron chi connectivity index (χ3n) is 4.48. The number of nitrogens with zero attached hydrogens (tertiary/aromatic N) is 1. The van der Waals surface area contributed by atoms with E-state index < -0.39 is 4.92 Å². The molecule has 0 radical (unpaired) electrons. The number of pyridine rings is 1. The molecule has 0 aliphatic heterocycles. The number of nitro groups is 1. The molecule has 0 aliphatic rings. The molecule has 0 unspecified atom stereocenters. The van der Waals surface area contributed by atoms with Gasteiger partial charge in [0.1, 0.15) is 11.5 Å². The Hall–Kier alpha value is -3.88. The number of non-ortho nitro benzene ring substituents is 1. The van der Waals surface area contributed by atoms with Crippen molar-refractivity contribution in [3.8, 4) is 11.5 Å². The Morgan fingerprint density at radius 3 is 2.38 bits per heavy atom. The van der Waals surface area contributed by atoms with Crippen molar-refractivity contribution in [2.75, 3.05) is 20.8 Å². The van der Waals surface area contributed by atoms with E-state index in [4.69, 9.17) is 9.47 Å². The SMILES string of the molecule is COc1ccc(OC)c2[nH]c(=O)c(CCNC(=O)c3ccc([N+](=O)[O-])cc3)cc12. The van der Waals surface area contributed by atoms with Crippen LogP contribution in [0.3, 0.4) is 0 Å². The summed E-state index contributed by atoms with van der Waals surface area (Å²) in [5, 5.41) is 14.1. The van der Waals surface area contributed by atoms with Gasteiger partial charge >= 0.3 is 0 Å². The van der Waals surface area contributed by atoms with Crippen LogP contribution in [-0.4, -0.2) is 36.6 Å². The number of hydrogen-bond acceptors (Lipinski definition) is 6. The molecule has 1 amide bonds. The van der Waals surface area contributed by atoms with Crippen LogP contribution in [0.25, 0.3) is 10.9 Å². The average Bonchev–Trinajstić information content (AvgIpc) is 2.73. The highest BCUT2D eigenvalue weighted by Gasteiger charge is 2.13.